The molecule has 0 unspecified atom stereocenters. The lowest BCUT2D eigenvalue weighted by Crippen LogP contribution is -2.51. The Labute approximate surface area is 242 Å². The fourth-order valence-electron chi connectivity index (χ4n) is 4.37. The number of aromatic hydroxyl groups is 3. The normalized spacial score (nSPS) is 12.2. The average molecular weight is 604 g/mol. The molecule has 0 aromatic heterocycles. The summed E-state index contributed by atoms with van der Waals surface area (Å²) in [4.78, 5) is 0. The zero-order chi connectivity index (χ0) is 29.3. The van der Waals surface area contributed by atoms with Gasteiger partial charge in [0.25, 0.3) is 25.0 Å². The van der Waals surface area contributed by atoms with E-state index in [1.807, 2.05) is 48.5 Å². The topological polar surface area (TPSA) is 88.4 Å². The molecular weight excluding hydrogens is 569 g/mol. The molecule has 0 saturated carbocycles. The molecule has 0 atom stereocenters. The summed E-state index contributed by atoms with van der Waals surface area (Å²) in [6.07, 6.45) is 0. The molecule has 4 aromatic carbocycles. The predicted octanol–water partition coefficient (Wildman–Crippen LogP) is 4.07. The van der Waals surface area contributed by atoms with Crippen molar-refractivity contribution in [3.05, 3.63) is 84.9 Å². The number of rotatable bonds is 9. The van der Waals surface area contributed by atoms with Gasteiger partial charge in [0.15, 0.2) is 5.75 Å². The van der Waals surface area contributed by atoms with Crippen LogP contribution in [0.1, 0.15) is 0 Å². The minimum absolute atomic E-state index is 0.201. The number of phenols is 3. The molecule has 3 N–H and O–H groups in total. The fraction of sp³-hybridized carbons (Fsp3) is 0.200. The molecule has 0 amide bonds. The fourth-order valence-corrected chi connectivity index (χ4v) is 10.1. The molecule has 6 nitrogen and oxygen atoms in total. The van der Waals surface area contributed by atoms with Crippen molar-refractivity contribution in [3.63, 3.8) is 0 Å². The van der Waals surface area contributed by atoms with Crippen LogP contribution in [-0.2, 0) is 0 Å². The predicted molar refractivity (Wildman–Crippen MR) is 169 cm³/mol. The molecule has 40 heavy (non-hydrogen) atoms. The SMILES string of the molecule is C[Si](C)(Oc1ccc([Si])c(O[Si](C)(C)c2ccc(O)cc2)c1O[Si](C)(C)c1ccc(O)cc1)c1ccc(O)cc1. The van der Waals surface area contributed by atoms with Crippen LogP contribution in [0.4, 0.5) is 0 Å². The van der Waals surface area contributed by atoms with Crippen molar-refractivity contribution in [2.45, 2.75) is 39.3 Å². The Balaban J connectivity index is 1.82. The van der Waals surface area contributed by atoms with Crippen LogP contribution < -0.4 is 34.0 Å². The van der Waals surface area contributed by atoms with Crippen LogP contribution in [0, 0.1) is 0 Å². The molecule has 0 spiro atoms. The molecule has 4 aromatic rings. The molecule has 10 heteroatoms. The Morgan fingerprint density at radius 2 is 0.775 bits per heavy atom. The summed E-state index contributed by atoms with van der Waals surface area (Å²) in [5.74, 6) is 2.28. The summed E-state index contributed by atoms with van der Waals surface area (Å²) < 4.78 is 20.5. The number of benzene rings is 4. The Hall–Kier alpha value is -3.45. The first-order valence-corrected chi connectivity index (χ1v) is 22.2. The monoisotopic (exact) mass is 603 g/mol. The van der Waals surface area contributed by atoms with E-state index in [2.05, 4.69) is 49.5 Å². The van der Waals surface area contributed by atoms with Crippen LogP contribution in [-0.4, -0.2) is 50.5 Å². The van der Waals surface area contributed by atoms with Crippen molar-refractivity contribution >= 4 is 55.9 Å². The highest BCUT2D eigenvalue weighted by atomic mass is 28.4. The number of phenolic OH excluding ortho intramolecular Hbond substituents is 3. The lowest BCUT2D eigenvalue weighted by Gasteiger charge is -2.33. The maximum atomic E-state index is 9.85. The molecule has 0 fully saturated rings. The molecular formula is C30H35O6Si4. The first kappa shape index (κ1) is 29.5. The van der Waals surface area contributed by atoms with E-state index in [0.29, 0.717) is 17.2 Å². The minimum Gasteiger partial charge on any atom is -0.537 e. The maximum Gasteiger partial charge on any atom is 0.277 e. The molecule has 0 aliphatic carbocycles. The molecule has 0 bridgehead atoms. The summed E-state index contributed by atoms with van der Waals surface area (Å²) in [7, 11) is -3.84. The Morgan fingerprint density at radius 1 is 0.450 bits per heavy atom. The van der Waals surface area contributed by atoms with Gasteiger partial charge in [-0.05, 0) is 102 Å². The van der Waals surface area contributed by atoms with Crippen molar-refractivity contribution in [2.75, 3.05) is 0 Å². The van der Waals surface area contributed by atoms with Gasteiger partial charge in [-0.1, -0.05) is 42.5 Å². The van der Waals surface area contributed by atoms with Crippen molar-refractivity contribution in [1.29, 1.82) is 0 Å². The highest BCUT2D eigenvalue weighted by Gasteiger charge is 2.36. The van der Waals surface area contributed by atoms with Gasteiger partial charge in [-0.15, -0.1) is 0 Å². The first-order valence-electron chi connectivity index (χ1n) is 13.0. The van der Waals surface area contributed by atoms with E-state index in [-0.39, 0.29) is 17.2 Å². The summed E-state index contributed by atoms with van der Waals surface area (Å²) >= 11 is 0. The largest absolute Gasteiger partial charge is 0.537 e. The molecule has 0 aliphatic rings. The van der Waals surface area contributed by atoms with Gasteiger partial charge >= 0.3 is 0 Å². The maximum absolute atomic E-state index is 9.85. The van der Waals surface area contributed by atoms with Gasteiger partial charge in [0, 0.05) is 0 Å². The minimum atomic E-state index is -2.58. The van der Waals surface area contributed by atoms with Gasteiger partial charge in [-0.2, -0.15) is 0 Å². The van der Waals surface area contributed by atoms with Crippen molar-refractivity contribution in [3.8, 4) is 34.5 Å². The summed E-state index contributed by atoms with van der Waals surface area (Å²) in [5, 5.41) is 33.3. The quantitative estimate of drug-likeness (QED) is 0.250. The third kappa shape index (κ3) is 6.64. The standard InChI is InChI=1S/C30H35O6Si4/c1-38(2,24-13-7-21(31)8-14-24)34-27-19-20-28(37)30(36-40(5,6)26-17-11-23(33)12-18-26)29(27)35-39(3,4)25-15-9-22(32)10-16-25/h7-20,31-33H,1-6H3. The van der Waals surface area contributed by atoms with Crippen LogP contribution in [0.25, 0.3) is 0 Å². The zero-order valence-corrected chi connectivity index (χ0v) is 27.6. The second-order valence-corrected chi connectivity index (χ2v) is 23.2. The van der Waals surface area contributed by atoms with Crippen LogP contribution in [0.5, 0.6) is 34.5 Å². The van der Waals surface area contributed by atoms with E-state index < -0.39 is 25.0 Å². The molecule has 0 saturated heterocycles. The summed E-state index contributed by atoms with van der Waals surface area (Å²) in [6.45, 7) is 12.6. The highest BCUT2D eigenvalue weighted by molar-refractivity contribution is 6.86. The van der Waals surface area contributed by atoms with Crippen LogP contribution >= 0.6 is 0 Å². The van der Waals surface area contributed by atoms with Crippen LogP contribution in [0.15, 0.2) is 84.9 Å². The van der Waals surface area contributed by atoms with E-state index >= 15 is 0 Å². The van der Waals surface area contributed by atoms with Gasteiger partial charge in [0.2, 0.25) is 0 Å². The molecule has 207 valence electrons. The molecule has 4 rings (SSSR count). The van der Waals surface area contributed by atoms with E-state index in [4.69, 9.17) is 13.3 Å². The van der Waals surface area contributed by atoms with Crippen molar-refractivity contribution in [2.24, 2.45) is 0 Å². The van der Waals surface area contributed by atoms with Gasteiger partial charge < -0.3 is 28.6 Å². The smallest absolute Gasteiger partial charge is 0.277 e. The lowest BCUT2D eigenvalue weighted by atomic mass is 10.3. The summed E-state index contributed by atoms with van der Waals surface area (Å²) in [5.41, 5.74) is 0. The molecule has 0 heterocycles. The van der Waals surface area contributed by atoms with E-state index in [1.54, 1.807) is 36.4 Å². The van der Waals surface area contributed by atoms with Crippen molar-refractivity contribution in [1.82, 2.24) is 0 Å². The summed E-state index contributed by atoms with van der Waals surface area (Å²) in [6, 6.07) is 25.2. The Kier molecular flexibility index (Phi) is 8.27. The number of hydrogen-bond acceptors (Lipinski definition) is 6. The van der Waals surface area contributed by atoms with Gasteiger partial charge in [0.05, 0.1) is 10.2 Å². The van der Waals surface area contributed by atoms with Gasteiger partial charge in [0.1, 0.15) is 28.7 Å². The first-order chi connectivity index (χ1) is 18.7. The van der Waals surface area contributed by atoms with Crippen molar-refractivity contribution < 1.29 is 28.6 Å². The van der Waals surface area contributed by atoms with E-state index in [9.17, 15) is 15.3 Å². The molecule has 3 radical (unpaired) electrons. The Bertz CT molecular complexity index is 1470. The van der Waals surface area contributed by atoms with Gasteiger partial charge in [-0.25, -0.2) is 0 Å². The second kappa shape index (κ2) is 11.2. The third-order valence-corrected chi connectivity index (χ3v) is 14.6. The lowest BCUT2D eigenvalue weighted by molar-refractivity contribution is 0.461. The third-order valence-electron chi connectivity index (χ3n) is 6.84. The number of hydrogen-bond donors (Lipinski definition) is 3. The second-order valence-electron chi connectivity index (χ2n) is 11.2. The average Bonchev–Trinajstić information content (AvgIpc) is 2.88. The molecule has 0 aliphatic heterocycles. The van der Waals surface area contributed by atoms with E-state index in [0.717, 1.165) is 20.7 Å². The van der Waals surface area contributed by atoms with E-state index in [1.165, 1.54) is 0 Å². The van der Waals surface area contributed by atoms with Gasteiger partial charge in [-0.3, -0.25) is 0 Å². The van der Waals surface area contributed by atoms with Crippen LogP contribution in [0.3, 0.4) is 0 Å². The highest BCUT2D eigenvalue weighted by Crippen LogP contribution is 2.40. The zero-order valence-electron chi connectivity index (χ0n) is 23.6. The Morgan fingerprint density at radius 3 is 1.15 bits per heavy atom. The van der Waals surface area contributed by atoms with Crippen LogP contribution in [0.2, 0.25) is 39.3 Å².